The number of hydrogen-bond acceptors (Lipinski definition) is 4. The van der Waals surface area contributed by atoms with Crippen molar-refractivity contribution in [2.75, 3.05) is 32.8 Å². The molecule has 1 N–H and O–H groups in total. The molecule has 3 aliphatic rings. The van der Waals surface area contributed by atoms with E-state index >= 15 is 0 Å². The molecule has 0 aromatic heterocycles. The molecule has 0 spiro atoms. The van der Waals surface area contributed by atoms with Gasteiger partial charge in [0.2, 0.25) is 0 Å². The van der Waals surface area contributed by atoms with Gasteiger partial charge in [-0.3, -0.25) is 0 Å². The fraction of sp³-hybridized carbons (Fsp3) is 0.588. The molecule has 120 valence electrons. The Hall–Kier alpha value is -1.59. The van der Waals surface area contributed by atoms with E-state index in [2.05, 4.69) is 4.90 Å². The van der Waals surface area contributed by atoms with Crippen molar-refractivity contribution in [2.45, 2.75) is 25.5 Å². The zero-order valence-electron chi connectivity index (χ0n) is 12.9. The second-order valence-corrected chi connectivity index (χ2v) is 6.16. The number of aliphatic hydroxyl groups is 1. The summed E-state index contributed by atoms with van der Waals surface area (Å²) < 4.78 is 5.46. The van der Waals surface area contributed by atoms with E-state index in [-0.39, 0.29) is 25.3 Å². The zero-order valence-corrected chi connectivity index (χ0v) is 12.9. The van der Waals surface area contributed by atoms with Crippen molar-refractivity contribution in [3.63, 3.8) is 0 Å². The summed E-state index contributed by atoms with van der Waals surface area (Å²) in [6.45, 7) is 3.78. The van der Waals surface area contributed by atoms with Crippen LogP contribution >= 0.6 is 0 Å². The Morgan fingerprint density at radius 1 is 1.27 bits per heavy atom. The van der Waals surface area contributed by atoms with Crippen molar-refractivity contribution in [1.29, 1.82) is 0 Å². The lowest BCUT2D eigenvalue weighted by Gasteiger charge is -2.48. The molecular formula is C17H24N2O3. The van der Waals surface area contributed by atoms with E-state index in [4.69, 9.17) is 4.74 Å². The zero-order chi connectivity index (χ0) is 15.4. The summed E-state index contributed by atoms with van der Waals surface area (Å²) in [6, 6.07) is 9.87. The Kier molecular flexibility index (Phi) is 4.95. The lowest BCUT2D eigenvalue weighted by Crippen LogP contribution is -2.59. The fourth-order valence-electron chi connectivity index (χ4n) is 3.59. The number of piperidine rings is 3. The summed E-state index contributed by atoms with van der Waals surface area (Å²) in [5, 5.41) is 9.31. The first-order chi connectivity index (χ1) is 10.8. The van der Waals surface area contributed by atoms with E-state index in [1.54, 1.807) is 4.90 Å². The van der Waals surface area contributed by atoms with Crippen LogP contribution in [-0.4, -0.2) is 59.8 Å². The summed E-state index contributed by atoms with van der Waals surface area (Å²) >= 11 is 0. The molecule has 1 unspecified atom stereocenters. The molecule has 3 saturated heterocycles. The third-order valence-electron chi connectivity index (χ3n) is 4.80. The second-order valence-electron chi connectivity index (χ2n) is 6.16. The quantitative estimate of drug-likeness (QED) is 0.900. The minimum absolute atomic E-state index is 0.0241. The molecular weight excluding hydrogens is 280 g/mol. The van der Waals surface area contributed by atoms with Crippen LogP contribution in [-0.2, 0) is 11.3 Å². The number of aliphatic hydroxyl groups excluding tert-OH is 1. The Labute approximate surface area is 131 Å². The van der Waals surface area contributed by atoms with Crippen molar-refractivity contribution in [3.05, 3.63) is 35.9 Å². The van der Waals surface area contributed by atoms with Gasteiger partial charge in [-0.1, -0.05) is 30.3 Å². The molecule has 22 heavy (non-hydrogen) atoms. The highest BCUT2D eigenvalue weighted by atomic mass is 16.6. The molecule has 4 rings (SSSR count). The van der Waals surface area contributed by atoms with E-state index in [0.717, 1.165) is 38.0 Å². The molecule has 3 fully saturated rings. The monoisotopic (exact) mass is 304 g/mol. The van der Waals surface area contributed by atoms with Gasteiger partial charge < -0.3 is 19.6 Å². The molecule has 0 aliphatic carbocycles. The number of carbonyl (C=O) groups excluding carboxylic acids is 1. The van der Waals surface area contributed by atoms with Crippen LogP contribution in [0.5, 0.6) is 0 Å². The van der Waals surface area contributed by atoms with Gasteiger partial charge in [0, 0.05) is 13.1 Å². The summed E-state index contributed by atoms with van der Waals surface area (Å²) in [5.41, 5.74) is 0.980. The maximum absolute atomic E-state index is 12.5. The van der Waals surface area contributed by atoms with Gasteiger partial charge in [0.25, 0.3) is 0 Å². The van der Waals surface area contributed by atoms with Crippen LogP contribution < -0.4 is 0 Å². The van der Waals surface area contributed by atoms with Crippen LogP contribution in [0, 0.1) is 5.92 Å². The van der Waals surface area contributed by atoms with Gasteiger partial charge in [-0.25, -0.2) is 4.79 Å². The predicted molar refractivity (Wildman–Crippen MR) is 83.4 cm³/mol. The minimum atomic E-state index is -0.309. The van der Waals surface area contributed by atoms with Crippen molar-refractivity contribution in [2.24, 2.45) is 5.92 Å². The molecule has 0 saturated carbocycles. The van der Waals surface area contributed by atoms with Gasteiger partial charge in [-0.2, -0.15) is 0 Å². The van der Waals surface area contributed by atoms with E-state index in [0.29, 0.717) is 12.5 Å². The predicted octanol–water partition coefficient (Wildman–Crippen LogP) is 1.71. The summed E-state index contributed by atoms with van der Waals surface area (Å²) in [6.07, 6.45) is 1.97. The summed E-state index contributed by atoms with van der Waals surface area (Å²) in [4.78, 5) is 16.6. The van der Waals surface area contributed by atoms with Gasteiger partial charge in [-0.05, 0) is 37.4 Å². The van der Waals surface area contributed by atoms with Gasteiger partial charge in [0.1, 0.15) is 6.61 Å². The lowest BCUT2D eigenvalue weighted by atomic mass is 9.83. The van der Waals surface area contributed by atoms with Gasteiger partial charge >= 0.3 is 6.09 Å². The van der Waals surface area contributed by atoms with E-state index in [1.807, 2.05) is 30.3 Å². The average Bonchev–Trinajstić information content (AvgIpc) is 2.59. The SMILES string of the molecule is O=C(OCc1ccccc1)N(CCO)C1CN2CCC1CC2. The normalized spacial score (nSPS) is 26.7. The van der Waals surface area contributed by atoms with Crippen molar-refractivity contribution in [3.8, 4) is 0 Å². The number of rotatable bonds is 5. The third-order valence-corrected chi connectivity index (χ3v) is 4.80. The number of amides is 1. The molecule has 3 aliphatic heterocycles. The van der Waals surface area contributed by atoms with Crippen molar-refractivity contribution >= 4 is 6.09 Å². The summed E-state index contributed by atoms with van der Waals surface area (Å²) in [7, 11) is 0. The largest absolute Gasteiger partial charge is 0.445 e. The molecule has 5 heteroatoms. The highest BCUT2D eigenvalue weighted by Gasteiger charge is 2.39. The Morgan fingerprint density at radius 2 is 2.00 bits per heavy atom. The fourth-order valence-corrected chi connectivity index (χ4v) is 3.59. The molecule has 1 atom stereocenters. The van der Waals surface area contributed by atoms with Crippen LogP contribution in [0.3, 0.4) is 0 Å². The number of benzene rings is 1. The maximum atomic E-state index is 12.5. The van der Waals surface area contributed by atoms with E-state index in [1.165, 1.54) is 0 Å². The van der Waals surface area contributed by atoms with Crippen molar-refractivity contribution < 1.29 is 14.6 Å². The van der Waals surface area contributed by atoms with Gasteiger partial charge in [0.05, 0.1) is 12.6 Å². The van der Waals surface area contributed by atoms with E-state index in [9.17, 15) is 9.90 Å². The maximum Gasteiger partial charge on any atom is 0.410 e. The molecule has 0 radical (unpaired) electrons. The molecule has 2 bridgehead atoms. The highest BCUT2D eigenvalue weighted by Crippen LogP contribution is 2.31. The average molecular weight is 304 g/mol. The topological polar surface area (TPSA) is 53.0 Å². The first kappa shape index (κ1) is 15.3. The van der Waals surface area contributed by atoms with Crippen LogP contribution in [0.1, 0.15) is 18.4 Å². The van der Waals surface area contributed by atoms with Crippen LogP contribution in [0.2, 0.25) is 0 Å². The van der Waals surface area contributed by atoms with Crippen molar-refractivity contribution in [1.82, 2.24) is 9.80 Å². The number of carbonyl (C=O) groups is 1. The molecule has 1 amide bonds. The first-order valence-electron chi connectivity index (χ1n) is 8.08. The van der Waals surface area contributed by atoms with Crippen LogP contribution in [0.15, 0.2) is 30.3 Å². The Bertz CT molecular complexity index is 486. The number of fused-ring (bicyclic) bond motifs is 3. The number of hydrogen-bond donors (Lipinski definition) is 1. The molecule has 1 aromatic carbocycles. The van der Waals surface area contributed by atoms with E-state index < -0.39 is 0 Å². The van der Waals surface area contributed by atoms with Gasteiger partial charge in [-0.15, -0.1) is 0 Å². The molecule has 1 aromatic rings. The highest BCUT2D eigenvalue weighted by molar-refractivity contribution is 5.68. The second kappa shape index (κ2) is 7.11. The Balaban J connectivity index is 1.61. The minimum Gasteiger partial charge on any atom is -0.445 e. The Morgan fingerprint density at radius 3 is 2.59 bits per heavy atom. The smallest absolute Gasteiger partial charge is 0.410 e. The summed E-state index contributed by atoms with van der Waals surface area (Å²) in [5.74, 6) is 0.542. The van der Waals surface area contributed by atoms with Gasteiger partial charge in [0.15, 0.2) is 0 Å². The number of nitrogens with zero attached hydrogens (tertiary/aromatic N) is 2. The molecule has 5 nitrogen and oxygen atoms in total. The third kappa shape index (κ3) is 3.42. The van der Waals surface area contributed by atoms with Crippen LogP contribution in [0.25, 0.3) is 0 Å². The number of ether oxygens (including phenoxy) is 1. The first-order valence-corrected chi connectivity index (χ1v) is 8.08. The van der Waals surface area contributed by atoms with Crippen LogP contribution in [0.4, 0.5) is 4.79 Å². The lowest BCUT2D eigenvalue weighted by molar-refractivity contribution is -0.00510. The molecule has 3 heterocycles. The standard InChI is InChI=1S/C17H24N2O3/c20-11-10-19(16-12-18-8-6-15(16)7-9-18)17(21)22-13-14-4-2-1-3-5-14/h1-5,15-16,20H,6-13H2.